The molecule has 2 aromatic rings. The van der Waals surface area contributed by atoms with Crippen LogP contribution >= 0.6 is 0 Å². The van der Waals surface area contributed by atoms with Crippen LogP contribution < -0.4 is 5.73 Å². The van der Waals surface area contributed by atoms with E-state index in [1.54, 1.807) is 19.2 Å². The smallest absolute Gasteiger partial charge is 0.201 e. The molecular weight excluding hydrogens is 204 g/mol. The SMILES string of the molecule is COCCn1c(N)nc2cc(C#N)ccc21. The summed E-state index contributed by atoms with van der Waals surface area (Å²) in [5.74, 6) is 0.446. The number of benzene rings is 1. The predicted molar refractivity (Wildman–Crippen MR) is 60.7 cm³/mol. The maximum atomic E-state index is 8.78. The molecule has 0 aliphatic heterocycles. The van der Waals surface area contributed by atoms with Gasteiger partial charge < -0.3 is 15.0 Å². The molecule has 0 saturated carbocycles. The van der Waals surface area contributed by atoms with Gasteiger partial charge in [-0.3, -0.25) is 0 Å². The second-order valence-corrected chi connectivity index (χ2v) is 3.43. The number of aromatic nitrogens is 2. The number of hydrogen-bond acceptors (Lipinski definition) is 4. The molecule has 0 fully saturated rings. The Morgan fingerprint density at radius 2 is 2.38 bits per heavy atom. The average molecular weight is 216 g/mol. The van der Waals surface area contributed by atoms with Gasteiger partial charge in [0.25, 0.3) is 0 Å². The first kappa shape index (κ1) is 10.5. The predicted octanol–water partition coefficient (Wildman–Crippen LogP) is 1.14. The monoisotopic (exact) mass is 216 g/mol. The van der Waals surface area contributed by atoms with Crippen LogP contribution in [0.25, 0.3) is 11.0 Å². The molecule has 1 aromatic heterocycles. The molecule has 0 saturated heterocycles. The highest BCUT2D eigenvalue weighted by molar-refractivity contribution is 5.79. The van der Waals surface area contributed by atoms with Crippen molar-refractivity contribution in [2.45, 2.75) is 6.54 Å². The largest absolute Gasteiger partial charge is 0.383 e. The van der Waals surface area contributed by atoms with E-state index in [-0.39, 0.29) is 0 Å². The van der Waals surface area contributed by atoms with E-state index in [0.717, 1.165) is 11.0 Å². The summed E-state index contributed by atoms with van der Waals surface area (Å²) in [5, 5.41) is 8.78. The van der Waals surface area contributed by atoms with Gasteiger partial charge in [0.15, 0.2) is 0 Å². The lowest BCUT2D eigenvalue weighted by Gasteiger charge is -2.04. The highest BCUT2D eigenvalue weighted by Gasteiger charge is 2.07. The summed E-state index contributed by atoms with van der Waals surface area (Å²) in [6.07, 6.45) is 0. The Kier molecular flexibility index (Phi) is 2.75. The van der Waals surface area contributed by atoms with Gasteiger partial charge in [-0.2, -0.15) is 5.26 Å². The second-order valence-electron chi connectivity index (χ2n) is 3.43. The van der Waals surface area contributed by atoms with E-state index in [4.69, 9.17) is 15.7 Å². The first-order valence-corrected chi connectivity index (χ1v) is 4.91. The van der Waals surface area contributed by atoms with Crippen molar-refractivity contribution in [3.8, 4) is 6.07 Å². The van der Waals surface area contributed by atoms with Crippen LogP contribution in [0.5, 0.6) is 0 Å². The Hall–Kier alpha value is -2.06. The zero-order chi connectivity index (χ0) is 11.5. The molecule has 5 heteroatoms. The summed E-state index contributed by atoms with van der Waals surface area (Å²) in [6, 6.07) is 7.42. The summed E-state index contributed by atoms with van der Waals surface area (Å²) >= 11 is 0. The van der Waals surface area contributed by atoms with Crippen molar-refractivity contribution in [3.63, 3.8) is 0 Å². The van der Waals surface area contributed by atoms with Crippen LogP contribution in [-0.4, -0.2) is 23.3 Å². The van der Waals surface area contributed by atoms with E-state index < -0.39 is 0 Å². The van der Waals surface area contributed by atoms with E-state index >= 15 is 0 Å². The lowest BCUT2D eigenvalue weighted by atomic mass is 10.2. The number of hydrogen-bond donors (Lipinski definition) is 1. The normalized spacial score (nSPS) is 10.5. The fourth-order valence-electron chi connectivity index (χ4n) is 1.64. The van der Waals surface area contributed by atoms with Crippen molar-refractivity contribution >= 4 is 17.0 Å². The van der Waals surface area contributed by atoms with Gasteiger partial charge in [-0.05, 0) is 18.2 Å². The molecule has 1 heterocycles. The van der Waals surface area contributed by atoms with Crippen molar-refractivity contribution in [1.82, 2.24) is 9.55 Å². The third-order valence-corrected chi connectivity index (χ3v) is 2.43. The van der Waals surface area contributed by atoms with Gasteiger partial charge in [-0.1, -0.05) is 0 Å². The molecule has 82 valence electrons. The molecule has 16 heavy (non-hydrogen) atoms. The van der Waals surface area contributed by atoms with Gasteiger partial charge in [0, 0.05) is 13.7 Å². The number of nitriles is 1. The van der Waals surface area contributed by atoms with Crippen molar-refractivity contribution in [2.24, 2.45) is 0 Å². The quantitative estimate of drug-likeness (QED) is 0.834. The van der Waals surface area contributed by atoms with Gasteiger partial charge in [0.1, 0.15) is 0 Å². The van der Waals surface area contributed by atoms with Crippen molar-refractivity contribution in [1.29, 1.82) is 5.26 Å². The van der Waals surface area contributed by atoms with Crippen LogP contribution in [0.4, 0.5) is 5.95 Å². The minimum atomic E-state index is 0.446. The molecule has 0 amide bonds. The Bertz CT molecular complexity index is 553. The number of anilines is 1. The molecular formula is C11H12N4O. The third-order valence-electron chi connectivity index (χ3n) is 2.43. The topological polar surface area (TPSA) is 76.9 Å². The fourth-order valence-corrected chi connectivity index (χ4v) is 1.64. The number of rotatable bonds is 3. The molecule has 0 unspecified atom stereocenters. The van der Waals surface area contributed by atoms with E-state index in [1.165, 1.54) is 0 Å². The molecule has 0 spiro atoms. The summed E-state index contributed by atoms with van der Waals surface area (Å²) in [4.78, 5) is 4.21. The molecule has 0 aliphatic carbocycles. The molecule has 2 N–H and O–H groups in total. The highest BCUT2D eigenvalue weighted by atomic mass is 16.5. The molecule has 0 radical (unpaired) electrons. The zero-order valence-corrected chi connectivity index (χ0v) is 8.97. The summed E-state index contributed by atoms with van der Waals surface area (Å²) in [7, 11) is 1.64. The fraction of sp³-hybridized carbons (Fsp3) is 0.273. The Balaban J connectivity index is 2.50. The molecule has 1 aromatic carbocycles. The number of methoxy groups -OCH3 is 1. The molecule has 2 rings (SSSR count). The van der Waals surface area contributed by atoms with Crippen LogP contribution in [0.1, 0.15) is 5.56 Å². The number of ether oxygens (including phenoxy) is 1. The lowest BCUT2D eigenvalue weighted by Crippen LogP contribution is -2.07. The average Bonchev–Trinajstić information content (AvgIpc) is 2.61. The standard InChI is InChI=1S/C11H12N4O/c1-16-5-4-15-10-3-2-8(7-12)6-9(10)14-11(15)13/h2-3,6H,4-5H2,1H3,(H2,13,14). The third kappa shape index (κ3) is 1.71. The maximum absolute atomic E-state index is 8.78. The summed E-state index contributed by atoms with van der Waals surface area (Å²) in [6.45, 7) is 1.24. The maximum Gasteiger partial charge on any atom is 0.201 e. The highest BCUT2D eigenvalue weighted by Crippen LogP contribution is 2.18. The molecule has 0 atom stereocenters. The number of nitrogens with two attached hydrogens (primary N) is 1. The lowest BCUT2D eigenvalue weighted by molar-refractivity contribution is 0.189. The van der Waals surface area contributed by atoms with Crippen molar-refractivity contribution in [2.75, 3.05) is 19.5 Å². The molecule has 0 bridgehead atoms. The van der Waals surface area contributed by atoms with Crippen molar-refractivity contribution in [3.05, 3.63) is 23.8 Å². The molecule has 5 nitrogen and oxygen atoms in total. The van der Waals surface area contributed by atoms with Crippen LogP contribution in [0.2, 0.25) is 0 Å². The van der Waals surface area contributed by atoms with Crippen molar-refractivity contribution < 1.29 is 4.74 Å². The van der Waals surface area contributed by atoms with E-state index in [0.29, 0.717) is 24.7 Å². The number of imidazole rings is 1. The van der Waals surface area contributed by atoms with Gasteiger partial charge >= 0.3 is 0 Å². The Morgan fingerprint density at radius 1 is 1.56 bits per heavy atom. The van der Waals surface area contributed by atoms with Crippen LogP contribution in [0.15, 0.2) is 18.2 Å². The second kappa shape index (κ2) is 4.21. The van der Waals surface area contributed by atoms with Gasteiger partial charge in [-0.25, -0.2) is 4.98 Å². The number of fused-ring (bicyclic) bond motifs is 1. The molecule has 0 aliphatic rings. The van der Waals surface area contributed by atoms with Crippen LogP contribution in [0, 0.1) is 11.3 Å². The number of nitrogens with zero attached hydrogens (tertiary/aromatic N) is 3. The summed E-state index contributed by atoms with van der Waals surface area (Å²) in [5.41, 5.74) is 8.05. The van der Waals surface area contributed by atoms with E-state index in [2.05, 4.69) is 11.1 Å². The number of nitrogen functional groups attached to an aromatic ring is 1. The Morgan fingerprint density at radius 3 is 3.06 bits per heavy atom. The van der Waals surface area contributed by atoms with Gasteiger partial charge in [0.2, 0.25) is 5.95 Å². The van der Waals surface area contributed by atoms with Crippen LogP contribution in [0.3, 0.4) is 0 Å². The Labute approximate surface area is 93.1 Å². The van der Waals surface area contributed by atoms with Crippen LogP contribution in [-0.2, 0) is 11.3 Å². The van der Waals surface area contributed by atoms with E-state index in [1.807, 2.05) is 10.6 Å². The van der Waals surface area contributed by atoms with Gasteiger partial charge in [0.05, 0.1) is 29.3 Å². The first-order valence-electron chi connectivity index (χ1n) is 4.91. The first-order chi connectivity index (χ1) is 7.76. The van der Waals surface area contributed by atoms with Gasteiger partial charge in [-0.15, -0.1) is 0 Å². The summed E-state index contributed by atoms with van der Waals surface area (Å²) < 4.78 is 6.88. The zero-order valence-electron chi connectivity index (χ0n) is 8.97. The van der Waals surface area contributed by atoms with E-state index in [9.17, 15) is 0 Å². The minimum Gasteiger partial charge on any atom is -0.383 e. The minimum absolute atomic E-state index is 0.446.